The molecule has 3 rings (SSSR count). The predicted octanol–water partition coefficient (Wildman–Crippen LogP) is 4.14. The molecule has 0 radical (unpaired) electrons. The van der Waals surface area contributed by atoms with Crippen LogP contribution in [0, 0.1) is 11.3 Å². The summed E-state index contributed by atoms with van der Waals surface area (Å²) < 4.78 is 5.81. The number of hydrogen-bond acceptors (Lipinski definition) is 2. The van der Waals surface area contributed by atoms with Gasteiger partial charge in [0, 0.05) is 12.0 Å². The number of nitrogens with one attached hydrogen (secondary N) is 1. The van der Waals surface area contributed by atoms with Gasteiger partial charge in [0.25, 0.3) is 0 Å². The first-order chi connectivity index (χ1) is 10.1. The molecule has 2 aliphatic carbocycles. The van der Waals surface area contributed by atoms with Gasteiger partial charge in [-0.3, -0.25) is 0 Å². The van der Waals surface area contributed by atoms with E-state index in [9.17, 15) is 0 Å². The highest BCUT2D eigenvalue weighted by Gasteiger charge is 2.60. The van der Waals surface area contributed by atoms with Gasteiger partial charge in [0.05, 0.1) is 6.61 Å². The standard InChI is InChI=1S/C19H29NO/c1-4-20-14-19(12-18(13-19)9-10-18)16-5-7-17(8-6-16)21-11-15(2)3/h5-8,15,20H,4,9-14H2,1-3H3. The number of rotatable bonds is 7. The minimum Gasteiger partial charge on any atom is -0.493 e. The topological polar surface area (TPSA) is 21.3 Å². The predicted molar refractivity (Wildman–Crippen MR) is 87.9 cm³/mol. The first-order valence-corrected chi connectivity index (χ1v) is 8.52. The molecule has 2 saturated carbocycles. The SMILES string of the molecule is CCNCC1(c2ccc(OCC(C)C)cc2)CC2(CC2)C1. The maximum Gasteiger partial charge on any atom is 0.119 e. The summed E-state index contributed by atoms with van der Waals surface area (Å²) in [6.07, 6.45) is 5.66. The van der Waals surface area contributed by atoms with Crippen LogP contribution in [0.2, 0.25) is 0 Å². The van der Waals surface area contributed by atoms with Crippen molar-refractivity contribution >= 4 is 0 Å². The van der Waals surface area contributed by atoms with Crippen LogP contribution in [-0.2, 0) is 5.41 Å². The van der Waals surface area contributed by atoms with Gasteiger partial charge in [0.15, 0.2) is 0 Å². The molecule has 0 saturated heterocycles. The van der Waals surface area contributed by atoms with Gasteiger partial charge in [-0.15, -0.1) is 0 Å². The van der Waals surface area contributed by atoms with Gasteiger partial charge < -0.3 is 10.1 Å². The van der Waals surface area contributed by atoms with E-state index in [1.165, 1.54) is 31.2 Å². The molecule has 0 aromatic heterocycles. The third-order valence-electron chi connectivity index (χ3n) is 5.15. The lowest BCUT2D eigenvalue weighted by Crippen LogP contribution is -2.49. The van der Waals surface area contributed by atoms with Gasteiger partial charge in [-0.2, -0.15) is 0 Å². The van der Waals surface area contributed by atoms with Gasteiger partial charge >= 0.3 is 0 Å². The molecule has 0 amide bonds. The molecule has 2 aliphatic rings. The third-order valence-corrected chi connectivity index (χ3v) is 5.15. The second-order valence-electron chi connectivity index (χ2n) is 7.64. The molecule has 0 aliphatic heterocycles. The van der Waals surface area contributed by atoms with E-state index in [1.807, 2.05) is 0 Å². The van der Waals surface area contributed by atoms with Crippen LogP contribution in [0.4, 0.5) is 0 Å². The second-order valence-corrected chi connectivity index (χ2v) is 7.64. The minimum absolute atomic E-state index is 0.378. The molecule has 2 nitrogen and oxygen atoms in total. The highest BCUT2D eigenvalue weighted by Crippen LogP contribution is 2.68. The van der Waals surface area contributed by atoms with Gasteiger partial charge in [0.1, 0.15) is 5.75 Å². The van der Waals surface area contributed by atoms with Crippen molar-refractivity contribution in [1.82, 2.24) is 5.32 Å². The van der Waals surface area contributed by atoms with E-state index in [2.05, 4.69) is 50.4 Å². The number of benzene rings is 1. The van der Waals surface area contributed by atoms with Gasteiger partial charge in [-0.05, 0) is 61.3 Å². The summed E-state index contributed by atoms with van der Waals surface area (Å²) >= 11 is 0. The lowest BCUT2D eigenvalue weighted by atomic mass is 9.56. The largest absolute Gasteiger partial charge is 0.493 e. The number of ether oxygens (including phenoxy) is 1. The van der Waals surface area contributed by atoms with Crippen LogP contribution in [0.5, 0.6) is 5.75 Å². The molecule has 2 fully saturated rings. The Bertz CT molecular complexity index is 465. The Balaban J connectivity index is 1.68. The smallest absolute Gasteiger partial charge is 0.119 e. The monoisotopic (exact) mass is 287 g/mol. The molecule has 1 spiro atoms. The van der Waals surface area contributed by atoms with Crippen LogP contribution in [0.15, 0.2) is 24.3 Å². The van der Waals surface area contributed by atoms with Crippen LogP contribution in [-0.4, -0.2) is 19.7 Å². The molecular formula is C19H29NO. The molecule has 1 N–H and O–H groups in total. The Hall–Kier alpha value is -1.02. The van der Waals surface area contributed by atoms with E-state index in [-0.39, 0.29) is 0 Å². The summed E-state index contributed by atoms with van der Waals surface area (Å²) in [6, 6.07) is 8.90. The molecule has 0 unspecified atom stereocenters. The van der Waals surface area contributed by atoms with Crippen molar-refractivity contribution in [3.63, 3.8) is 0 Å². The average Bonchev–Trinajstić information content (AvgIpc) is 3.22. The fourth-order valence-electron chi connectivity index (χ4n) is 3.88. The summed E-state index contributed by atoms with van der Waals surface area (Å²) in [7, 11) is 0. The second kappa shape index (κ2) is 5.64. The fraction of sp³-hybridized carbons (Fsp3) is 0.684. The van der Waals surface area contributed by atoms with Crippen molar-refractivity contribution in [2.75, 3.05) is 19.7 Å². The maximum absolute atomic E-state index is 5.81. The zero-order chi connectivity index (χ0) is 14.9. The molecule has 1 aromatic rings. The van der Waals surface area contributed by atoms with Crippen molar-refractivity contribution in [2.24, 2.45) is 11.3 Å². The van der Waals surface area contributed by atoms with Crippen LogP contribution >= 0.6 is 0 Å². The lowest BCUT2D eigenvalue weighted by molar-refractivity contribution is 0.117. The fourth-order valence-corrected chi connectivity index (χ4v) is 3.88. The molecule has 116 valence electrons. The highest BCUT2D eigenvalue weighted by atomic mass is 16.5. The van der Waals surface area contributed by atoms with E-state index < -0.39 is 0 Å². The maximum atomic E-state index is 5.81. The van der Waals surface area contributed by atoms with Crippen LogP contribution in [0.25, 0.3) is 0 Å². The number of hydrogen-bond donors (Lipinski definition) is 1. The summed E-state index contributed by atoms with van der Waals surface area (Å²) in [4.78, 5) is 0. The van der Waals surface area contributed by atoms with Crippen molar-refractivity contribution in [3.8, 4) is 5.75 Å². The van der Waals surface area contributed by atoms with E-state index in [4.69, 9.17) is 4.74 Å². The number of likely N-dealkylation sites (N-methyl/N-ethyl adjacent to an activating group) is 1. The van der Waals surface area contributed by atoms with E-state index in [0.29, 0.717) is 11.3 Å². The summed E-state index contributed by atoms with van der Waals surface area (Å²) in [5, 5.41) is 3.58. The Kier molecular flexibility index (Phi) is 4.00. The van der Waals surface area contributed by atoms with E-state index in [0.717, 1.165) is 30.9 Å². The average molecular weight is 287 g/mol. The van der Waals surface area contributed by atoms with Crippen molar-refractivity contribution in [2.45, 2.75) is 51.9 Å². The van der Waals surface area contributed by atoms with Crippen molar-refractivity contribution in [1.29, 1.82) is 0 Å². The van der Waals surface area contributed by atoms with Crippen LogP contribution in [0.1, 0.15) is 52.0 Å². The Morgan fingerprint density at radius 2 is 1.81 bits per heavy atom. The van der Waals surface area contributed by atoms with Crippen LogP contribution < -0.4 is 10.1 Å². The molecule has 0 bridgehead atoms. The van der Waals surface area contributed by atoms with E-state index in [1.54, 1.807) is 0 Å². The van der Waals surface area contributed by atoms with Gasteiger partial charge in [0.2, 0.25) is 0 Å². The zero-order valence-corrected chi connectivity index (χ0v) is 13.7. The van der Waals surface area contributed by atoms with Crippen molar-refractivity contribution < 1.29 is 4.74 Å². The van der Waals surface area contributed by atoms with Gasteiger partial charge in [-0.25, -0.2) is 0 Å². The highest BCUT2D eigenvalue weighted by molar-refractivity contribution is 5.37. The minimum atomic E-state index is 0.378. The zero-order valence-electron chi connectivity index (χ0n) is 13.7. The molecule has 2 heteroatoms. The Morgan fingerprint density at radius 3 is 2.33 bits per heavy atom. The summed E-state index contributed by atoms with van der Waals surface area (Å²) in [6.45, 7) is 9.54. The van der Waals surface area contributed by atoms with Crippen molar-refractivity contribution in [3.05, 3.63) is 29.8 Å². The lowest BCUT2D eigenvalue weighted by Gasteiger charge is -2.49. The molecule has 21 heavy (non-hydrogen) atoms. The Labute approximate surface area is 129 Å². The normalized spacial score (nSPS) is 21.3. The summed E-state index contributed by atoms with van der Waals surface area (Å²) in [5.74, 6) is 1.58. The first-order valence-electron chi connectivity index (χ1n) is 8.52. The molecular weight excluding hydrogens is 258 g/mol. The first kappa shape index (κ1) is 14.9. The van der Waals surface area contributed by atoms with E-state index >= 15 is 0 Å². The molecule has 0 heterocycles. The Morgan fingerprint density at radius 1 is 1.14 bits per heavy atom. The molecule has 1 aromatic carbocycles. The van der Waals surface area contributed by atoms with Crippen LogP contribution in [0.3, 0.4) is 0 Å². The quantitative estimate of drug-likeness (QED) is 0.813. The third kappa shape index (κ3) is 3.11. The van der Waals surface area contributed by atoms with Gasteiger partial charge in [-0.1, -0.05) is 32.9 Å². The molecule has 0 atom stereocenters. The summed E-state index contributed by atoms with van der Waals surface area (Å²) in [5.41, 5.74) is 2.60.